The molecule has 2 aliphatic heterocycles. The van der Waals surface area contributed by atoms with E-state index in [4.69, 9.17) is 11.6 Å². The number of carbonyl (C=O) groups excluding carboxylic acids is 1. The van der Waals surface area contributed by atoms with Crippen LogP contribution in [0.15, 0.2) is 23.1 Å². The summed E-state index contributed by atoms with van der Waals surface area (Å²) >= 11 is 6.09. The maximum absolute atomic E-state index is 12.9. The minimum atomic E-state index is -3.57. The maximum Gasteiger partial charge on any atom is 0.243 e. The molecular formula is C19H28ClN3O3S. The third kappa shape index (κ3) is 4.83. The zero-order valence-electron chi connectivity index (χ0n) is 15.9. The number of likely N-dealkylation sites (tertiary alicyclic amines) is 1. The molecular weight excluding hydrogens is 386 g/mol. The Labute approximate surface area is 167 Å². The first-order valence-electron chi connectivity index (χ1n) is 9.65. The van der Waals surface area contributed by atoms with Gasteiger partial charge in [0.1, 0.15) is 0 Å². The molecule has 0 aromatic heterocycles. The van der Waals surface area contributed by atoms with Crippen molar-refractivity contribution in [2.75, 3.05) is 45.8 Å². The lowest BCUT2D eigenvalue weighted by molar-refractivity contribution is -0.132. The van der Waals surface area contributed by atoms with Gasteiger partial charge in [-0.15, -0.1) is 0 Å². The van der Waals surface area contributed by atoms with Crippen LogP contribution >= 0.6 is 11.6 Å². The molecule has 2 heterocycles. The second-order valence-corrected chi connectivity index (χ2v) is 9.65. The van der Waals surface area contributed by atoms with E-state index in [9.17, 15) is 13.2 Å². The first-order valence-corrected chi connectivity index (χ1v) is 11.5. The van der Waals surface area contributed by atoms with E-state index in [2.05, 4.69) is 4.90 Å². The van der Waals surface area contributed by atoms with E-state index in [-0.39, 0.29) is 10.8 Å². The van der Waals surface area contributed by atoms with Crippen LogP contribution in [0.3, 0.4) is 0 Å². The molecule has 0 unspecified atom stereocenters. The van der Waals surface area contributed by atoms with Crippen molar-refractivity contribution >= 4 is 27.5 Å². The predicted molar refractivity (Wildman–Crippen MR) is 106 cm³/mol. The van der Waals surface area contributed by atoms with Gasteiger partial charge in [0.2, 0.25) is 15.9 Å². The summed E-state index contributed by atoms with van der Waals surface area (Å²) in [5.41, 5.74) is 0.581. The molecule has 2 saturated heterocycles. The molecule has 0 aliphatic carbocycles. The second kappa shape index (κ2) is 8.90. The SMILES string of the molecule is Cc1c(Cl)cccc1S(=O)(=O)N1CCN(CC(=O)N2CCCCCC2)CC1. The summed E-state index contributed by atoms with van der Waals surface area (Å²) in [6, 6.07) is 4.96. The van der Waals surface area contributed by atoms with Crippen LogP contribution in [-0.4, -0.2) is 74.2 Å². The average Bonchev–Trinajstić information content (AvgIpc) is 2.94. The van der Waals surface area contributed by atoms with Gasteiger partial charge in [-0.05, 0) is 37.5 Å². The van der Waals surface area contributed by atoms with E-state index >= 15 is 0 Å². The zero-order valence-corrected chi connectivity index (χ0v) is 17.4. The smallest absolute Gasteiger partial charge is 0.243 e. The van der Waals surface area contributed by atoms with Gasteiger partial charge < -0.3 is 4.90 Å². The van der Waals surface area contributed by atoms with Gasteiger partial charge >= 0.3 is 0 Å². The van der Waals surface area contributed by atoms with Crippen LogP contribution < -0.4 is 0 Å². The Balaban J connectivity index is 1.58. The summed E-state index contributed by atoms with van der Waals surface area (Å²) in [5, 5.41) is 0.456. The molecule has 3 rings (SSSR count). The Bertz CT molecular complexity index is 768. The fourth-order valence-corrected chi connectivity index (χ4v) is 5.65. The number of amides is 1. The number of halogens is 1. The highest BCUT2D eigenvalue weighted by molar-refractivity contribution is 7.89. The first-order chi connectivity index (χ1) is 12.9. The van der Waals surface area contributed by atoms with Gasteiger partial charge in [0.25, 0.3) is 0 Å². The van der Waals surface area contributed by atoms with E-state index in [1.807, 2.05) is 4.90 Å². The molecule has 1 amide bonds. The fraction of sp³-hybridized carbons (Fsp3) is 0.632. The Morgan fingerprint density at radius 1 is 1.00 bits per heavy atom. The minimum absolute atomic E-state index is 0.166. The topological polar surface area (TPSA) is 60.9 Å². The van der Waals surface area contributed by atoms with Gasteiger partial charge in [0.05, 0.1) is 11.4 Å². The summed E-state index contributed by atoms with van der Waals surface area (Å²) in [4.78, 5) is 16.8. The van der Waals surface area contributed by atoms with E-state index in [1.165, 1.54) is 17.1 Å². The largest absolute Gasteiger partial charge is 0.342 e. The molecule has 8 heteroatoms. The lowest BCUT2D eigenvalue weighted by atomic mass is 10.2. The van der Waals surface area contributed by atoms with Crippen molar-refractivity contribution in [1.82, 2.24) is 14.1 Å². The number of piperazine rings is 1. The van der Waals surface area contributed by atoms with Crippen molar-refractivity contribution in [1.29, 1.82) is 0 Å². The maximum atomic E-state index is 12.9. The molecule has 6 nitrogen and oxygen atoms in total. The molecule has 0 saturated carbocycles. The summed E-state index contributed by atoms with van der Waals surface area (Å²) in [6.07, 6.45) is 4.56. The normalized spacial score (nSPS) is 20.4. The molecule has 0 bridgehead atoms. The Kier molecular flexibility index (Phi) is 6.78. The van der Waals surface area contributed by atoms with Crippen molar-refractivity contribution < 1.29 is 13.2 Å². The van der Waals surface area contributed by atoms with Gasteiger partial charge in [-0.1, -0.05) is 30.5 Å². The van der Waals surface area contributed by atoms with Crippen molar-refractivity contribution in [2.45, 2.75) is 37.5 Å². The van der Waals surface area contributed by atoms with Crippen LogP contribution in [0.4, 0.5) is 0 Å². The van der Waals surface area contributed by atoms with E-state index in [0.29, 0.717) is 43.3 Å². The quantitative estimate of drug-likeness (QED) is 0.760. The van der Waals surface area contributed by atoms with E-state index in [0.717, 1.165) is 25.9 Å². The second-order valence-electron chi connectivity index (χ2n) is 7.34. The molecule has 0 atom stereocenters. The number of sulfonamides is 1. The molecule has 1 aromatic rings. The van der Waals surface area contributed by atoms with Crippen LogP contribution in [-0.2, 0) is 14.8 Å². The summed E-state index contributed by atoms with van der Waals surface area (Å²) in [5.74, 6) is 0.166. The molecule has 27 heavy (non-hydrogen) atoms. The van der Waals surface area contributed by atoms with Crippen molar-refractivity contribution in [3.63, 3.8) is 0 Å². The van der Waals surface area contributed by atoms with Crippen molar-refractivity contribution in [3.8, 4) is 0 Å². The van der Waals surface area contributed by atoms with Gasteiger partial charge in [-0.2, -0.15) is 4.31 Å². The highest BCUT2D eigenvalue weighted by Crippen LogP contribution is 2.26. The number of carbonyl (C=O) groups is 1. The minimum Gasteiger partial charge on any atom is -0.342 e. The molecule has 150 valence electrons. The number of nitrogens with zero attached hydrogens (tertiary/aromatic N) is 3. The number of hydrogen-bond acceptors (Lipinski definition) is 4. The molecule has 2 fully saturated rings. The summed E-state index contributed by atoms with van der Waals surface area (Å²) in [7, 11) is -3.57. The van der Waals surface area contributed by atoms with Gasteiger partial charge in [-0.25, -0.2) is 8.42 Å². The zero-order chi connectivity index (χ0) is 19.4. The standard InChI is InChI=1S/C19H28ClN3O3S/c1-16-17(20)7-6-8-18(16)27(25,26)23-13-11-21(12-14-23)15-19(24)22-9-4-2-3-5-10-22/h6-8H,2-5,9-15H2,1H3. The van der Waals surface area contributed by atoms with E-state index < -0.39 is 10.0 Å². The molecule has 1 aromatic carbocycles. The van der Waals surface area contributed by atoms with Crippen LogP contribution in [0.1, 0.15) is 31.2 Å². The summed E-state index contributed by atoms with van der Waals surface area (Å²) < 4.78 is 27.4. The fourth-order valence-electron chi connectivity index (χ4n) is 3.75. The van der Waals surface area contributed by atoms with Crippen LogP contribution in [0, 0.1) is 6.92 Å². The third-order valence-corrected chi connectivity index (χ3v) is 7.94. The molecule has 0 radical (unpaired) electrons. The van der Waals surface area contributed by atoms with E-state index in [1.54, 1.807) is 25.1 Å². The van der Waals surface area contributed by atoms with Crippen LogP contribution in [0.2, 0.25) is 5.02 Å². The van der Waals surface area contributed by atoms with Gasteiger partial charge in [0.15, 0.2) is 0 Å². The van der Waals surface area contributed by atoms with Gasteiger partial charge in [-0.3, -0.25) is 9.69 Å². The third-order valence-electron chi connectivity index (χ3n) is 5.48. The van der Waals surface area contributed by atoms with Crippen molar-refractivity contribution in [2.24, 2.45) is 0 Å². The van der Waals surface area contributed by atoms with Gasteiger partial charge in [0, 0.05) is 44.3 Å². The summed E-state index contributed by atoms with van der Waals surface area (Å²) in [6.45, 7) is 5.72. The Morgan fingerprint density at radius 2 is 1.63 bits per heavy atom. The Morgan fingerprint density at radius 3 is 2.26 bits per heavy atom. The van der Waals surface area contributed by atoms with Crippen LogP contribution in [0.5, 0.6) is 0 Å². The molecule has 2 aliphatic rings. The number of rotatable bonds is 4. The highest BCUT2D eigenvalue weighted by atomic mass is 35.5. The van der Waals surface area contributed by atoms with Crippen molar-refractivity contribution in [3.05, 3.63) is 28.8 Å². The average molecular weight is 414 g/mol. The Hall–Kier alpha value is -1.15. The number of benzene rings is 1. The molecule has 0 N–H and O–H groups in total. The monoisotopic (exact) mass is 413 g/mol. The predicted octanol–water partition coefficient (Wildman–Crippen LogP) is 2.36. The molecule has 0 spiro atoms. The number of hydrogen-bond donors (Lipinski definition) is 0. The lowest BCUT2D eigenvalue weighted by Crippen LogP contribution is -2.51. The van der Waals surface area contributed by atoms with Crippen LogP contribution in [0.25, 0.3) is 0 Å². The first kappa shape index (κ1) is 20.6. The lowest BCUT2D eigenvalue weighted by Gasteiger charge is -2.34. The highest BCUT2D eigenvalue weighted by Gasteiger charge is 2.31.